The van der Waals surface area contributed by atoms with E-state index in [9.17, 15) is 0 Å². The van der Waals surface area contributed by atoms with Gasteiger partial charge in [0.1, 0.15) is 0 Å². The van der Waals surface area contributed by atoms with Gasteiger partial charge >= 0.3 is 0 Å². The Bertz CT molecular complexity index is 381. The first-order chi connectivity index (χ1) is 8.77. The van der Waals surface area contributed by atoms with E-state index in [1.54, 1.807) is 0 Å². The van der Waals surface area contributed by atoms with E-state index in [0.717, 1.165) is 18.9 Å². The topological polar surface area (TPSA) is 38.0 Å². The van der Waals surface area contributed by atoms with Gasteiger partial charge in [0.25, 0.3) is 0 Å². The molecule has 2 atom stereocenters. The van der Waals surface area contributed by atoms with E-state index in [1.165, 1.54) is 37.7 Å². The predicted molar refractivity (Wildman–Crippen MR) is 75.6 cm³/mol. The molecule has 2 unspecified atom stereocenters. The summed E-state index contributed by atoms with van der Waals surface area (Å²) in [7, 11) is 0. The second-order valence-electron chi connectivity index (χ2n) is 6.13. The SMILES string of the molecule is NC1(CCNC2CC2c2ccccc2)CCCC1. The lowest BCUT2D eigenvalue weighted by molar-refractivity contribution is 0.392. The molecule has 1 aromatic carbocycles. The zero-order valence-corrected chi connectivity index (χ0v) is 11.1. The number of rotatable bonds is 5. The Labute approximate surface area is 110 Å². The summed E-state index contributed by atoms with van der Waals surface area (Å²) in [6.45, 7) is 1.09. The van der Waals surface area contributed by atoms with Crippen LogP contribution in [-0.2, 0) is 0 Å². The molecule has 3 rings (SSSR count). The highest BCUT2D eigenvalue weighted by atomic mass is 15.0. The molecule has 18 heavy (non-hydrogen) atoms. The van der Waals surface area contributed by atoms with Crippen molar-refractivity contribution in [2.75, 3.05) is 6.54 Å². The average Bonchev–Trinajstić information content (AvgIpc) is 3.04. The Morgan fingerprint density at radius 2 is 1.89 bits per heavy atom. The Kier molecular flexibility index (Phi) is 3.40. The molecule has 2 aliphatic rings. The molecule has 2 nitrogen and oxygen atoms in total. The van der Waals surface area contributed by atoms with Crippen LogP contribution in [0.5, 0.6) is 0 Å². The lowest BCUT2D eigenvalue weighted by Crippen LogP contribution is -2.39. The van der Waals surface area contributed by atoms with Crippen LogP contribution in [0.4, 0.5) is 0 Å². The normalized spacial score (nSPS) is 29.4. The third-order valence-electron chi connectivity index (χ3n) is 4.65. The maximum absolute atomic E-state index is 6.37. The molecule has 0 aliphatic heterocycles. The monoisotopic (exact) mass is 244 g/mol. The summed E-state index contributed by atoms with van der Waals surface area (Å²) < 4.78 is 0. The van der Waals surface area contributed by atoms with Crippen molar-refractivity contribution < 1.29 is 0 Å². The van der Waals surface area contributed by atoms with E-state index in [4.69, 9.17) is 5.73 Å². The molecule has 1 aromatic rings. The van der Waals surface area contributed by atoms with Crippen molar-refractivity contribution in [1.82, 2.24) is 5.32 Å². The summed E-state index contributed by atoms with van der Waals surface area (Å²) in [6, 6.07) is 11.5. The highest BCUT2D eigenvalue weighted by Gasteiger charge is 2.38. The van der Waals surface area contributed by atoms with Gasteiger partial charge < -0.3 is 11.1 Å². The minimum absolute atomic E-state index is 0.143. The Morgan fingerprint density at radius 1 is 1.17 bits per heavy atom. The zero-order valence-electron chi connectivity index (χ0n) is 11.1. The summed E-state index contributed by atoms with van der Waals surface area (Å²) >= 11 is 0. The lowest BCUT2D eigenvalue weighted by atomic mass is 9.95. The van der Waals surface area contributed by atoms with E-state index in [0.29, 0.717) is 6.04 Å². The van der Waals surface area contributed by atoms with Crippen LogP contribution >= 0.6 is 0 Å². The van der Waals surface area contributed by atoms with Crippen LogP contribution < -0.4 is 11.1 Å². The Morgan fingerprint density at radius 3 is 2.61 bits per heavy atom. The lowest BCUT2D eigenvalue weighted by Gasteiger charge is -2.23. The number of hydrogen-bond acceptors (Lipinski definition) is 2. The molecular weight excluding hydrogens is 220 g/mol. The minimum Gasteiger partial charge on any atom is -0.325 e. The van der Waals surface area contributed by atoms with Crippen molar-refractivity contribution in [2.24, 2.45) is 5.73 Å². The van der Waals surface area contributed by atoms with Gasteiger partial charge in [-0.1, -0.05) is 43.2 Å². The standard InChI is InChI=1S/C16H24N2/c17-16(8-4-5-9-16)10-11-18-15-12-14(15)13-6-2-1-3-7-13/h1-3,6-7,14-15,18H,4-5,8-12,17H2. The van der Waals surface area contributed by atoms with E-state index in [-0.39, 0.29) is 5.54 Å². The van der Waals surface area contributed by atoms with Crippen molar-refractivity contribution in [3.05, 3.63) is 35.9 Å². The molecule has 0 bridgehead atoms. The Balaban J connectivity index is 1.41. The molecule has 0 radical (unpaired) electrons. The number of hydrogen-bond donors (Lipinski definition) is 2. The zero-order chi connectivity index (χ0) is 12.4. The van der Waals surface area contributed by atoms with Gasteiger partial charge in [-0.3, -0.25) is 0 Å². The third kappa shape index (κ3) is 2.76. The highest BCUT2D eigenvalue weighted by Crippen LogP contribution is 2.40. The van der Waals surface area contributed by atoms with Crippen molar-refractivity contribution in [2.45, 2.75) is 56.0 Å². The molecular formula is C16H24N2. The summed E-state index contributed by atoms with van der Waals surface area (Å²) in [5, 5.41) is 3.68. The maximum atomic E-state index is 6.37. The summed E-state index contributed by atoms with van der Waals surface area (Å²) in [5.74, 6) is 0.739. The van der Waals surface area contributed by atoms with Gasteiger partial charge in [-0.05, 0) is 37.8 Å². The fraction of sp³-hybridized carbons (Fsp3) is 0.625. The summed E-state index contributed by atoms with van der Waals surface area (Å²) in [4.78, 5) is 0. The second kappa shape index (κ2) is 5.02. The van der Waals surface area contributed by atoms with Gasteiger partial charge in [-0.2, -0.15) is 0 Å². The van der Waals surface area contributed by atoms with Crippen LogP contribution in [0, 0.1) is 0 Å². The largest absolute Gasteiger partial charge is 0.325 e. The van der Waals surface area contributed by atoms with Crippen LogP contribution in [0.2, 0.25) is 0 Å². The van der Waals surface area contributed by atoms with Gasteiger partial charge in [0.15, 0.2) is 0 Å². The Hall–Kier alpha value is -0.860. The first-order valence-corrected chi connectivity index (χ1v) is 7.34. The van der Waals surface area contributed by atoms with Crippen LogP contribution in [0.25, 0.3) is 0 Å². The fourth-order valence-electron chi connectivity index (χ4n) is 3.32. The van der Waals surface area contributed by atoms with Gasteiger partial charge in [-0.15, -0.1) is 0 Å². The quantitative estimate of drug-likeness (QED) is 0.836. The van der Waals surface area contributed by atoms with E-state index in [2.05, 4.69) is 35.6 Å². The highest BCUT2D eigenvalue weighted by molar-refractivity contribution is 5.27. The van der Waals surface area contributed by atoms with E-state index in [1.807, 2.05) is 0 Å². The smallest absolute Gasteiger partial charge is 0.0166 e. The number of nitrogens with two attached hydrogens (primary N) is 1. The van der Waals surface area contributed by atoms with Gasteiger partial charge in [-0.25, -0.2) is 0 Å². The van der Waals surface area contributed by atoms with Gasteiger partial charge in [0.2, 0.25) is 0 Å². The molecule has 2 heteroatoms. The molecule has 0 amide bonds. The number of benzene rings is 1. The van der Waals surface area contributed by atoms with Gasteiger partial charge in [0, 0.05) is 17.5 Å². The molecule has 2 fully saturated rings. The van der Waals surface area contributed by atoms with Crippen LogP contribution in [-0.4, -0.2) is 18.1 Å². The van der Waals surface area contributed by atoms with Crippen LogP contribution in [0.1, 0.15) is 50.0 Å². The maximum Gasteiger partial charge on any atom is 0.0166 e. The molecule has 98 valence electrons. The van der Waals surface area contributed by atoms with E-state index >= 15 is 0 Å². The third-order valence-corrected chi connectivity index (χ3v) is 4.65. The van der Waals surface area contributed by atoms with Crippen molar-refractivity contribution in [3.8, 4) is 0 Å². The number of nitrogens with one attached hydrogen (secondary N) is 1. The molecule has 0 heterocycles. The predicted octanol–water partition coefficient (Wildman–Crippen LogP) is 2.79. The van der Waals surface area contributed by atoms with E-state index < -0.39 is 0 Å². The minimum atomic E-state index is 0.143. The fourth-order valence-corrected chi connectivity index (χ4v) is 3.32. The van der Waals surface area contributed by atoms with Crippen LogP contribution in [0.15, 0.2) is 30.3 Å². The van der Waals surface area contributed by atoms with Crippen molar-refractivity contribution in [3.63, 3.8) is 0 Å². The first kappa shape index (κ1) is 12.2. The van der Waals surface area contributed by atoms with Crippen LogP contribution in [0.3, 0.4) is 0 Å². The second-order valence-corrected chi connectivity index (χ2v) is 6.13. The molecule has 0 spiro atoms. The molecule has 3 N–H and O–H groups in total. The molecule has 0 saturated heterocycles. The van der Waals surface area contributed by atoms with Gasteiger partial charge in [0.05, 0.1) is 0 Å². The molecule has 0 aromatic heterocycles. The molecule has 2 aliphatic carbocycles. The van der Waals surface area contributed by atoms with Crippen molar-refractivity contribution >= 4 is 0 Å². The van der Waals surface area contributed by atoms with Crippen molar-refractivity contribution in [1.29, 1.82) is 0 Å². The summed E-state index contributed by atoms with van der Waals surface area (Å²) in [5.41, 5.74) is 8.00. The summed E-state index contributed by atoms with van der Waals surface area (Å²) in [6.07, 6.45) is 7.54. The molecule has 2 saturated carbocycles. The first-order valence-electron chi connectivity index (χ1n) is 7.34. The average molecular weight is 244 g/mol.